The highest BCUT2D eigenvalue weighted by Crippen LogP contribution is 2.36. The Morgan fingerprint density at radius 1 is 1.17 bits per heavy atom. The second kappa shape index (κ2) is 8.69. The van der Waals surface area contributed by atoms with Crippen LogP contribution in [0.25, 0.3) is 0 Å². The number of esters is 1. The minimum Gasteiger partial charge on any atom is -0.452 e. The maximum absolute atomic E-state index is 12.6. The first-order valence-electron chi connectivity index (χ1n) is 8.87. The van der Waals surface area contributed by atoms with Crippen molar-refractivity contribution in [2.24, 2.45) is 5.92 Å². The fourth-order valence-corrected chi connectivity index (χ4v) is 3.98. The lowest BCUT2D eigenvalue weighted by Crippen LogP contribution is -2.22. The van der Waals surface area contributed by atoms with Gasteiger partial charge in [0.25, 0.3) is 5.91 Å². The molecule has 2 aromatic rings. The molecule has 1 saturated carbocycles. The fourth-order valence-electron chi connectivity index (χ4n) is 2.54. The Labute approximate surface area is 181 Å². The minimum absolute atomic E-state index is 0.00689. The van der Waals surface area contributed by atoms with Crippen LogP contribution in [0.15, 0.2) is 6.20 Å². The molecule has 0 atom stereocenters. The molecule has 1 fully saturated rings. The van der Waals surface area contributed by atoms with Gasteiger partial charge in [-0.2, -0.15) is 0 Å². The Hall–Kier alpha value is -2.16. The number of anilines is 2. The number of aromatic nitrogens is 1. The topological polar surface area (TPSA) is 97.4 Å². The van der Waals surface area contributed by atoms with Crippen molar-refractivity contribution < 1.29 is 19.1 Å². The number of rotatable bonds is 6. The van der Waals surface area contributed by atoms with Gasteiger partial charge in [0.15, 0.2) is 12.4 Å². The zero-order chi connectivity index (χ0) is 21.3. The van der Waals surface area contributed by atoms with Crippen LogP contribution in [-0.2, 0) is 14.3 Å². The third kappa shape index (κ3) is 4.88. The van der Waals surface area contributed by atoms with Gasteiger partial charge < -0.3 is 15.4 Å². The van der Waals surface area contributed by atoms with Crippen LogP contribution >= 0.6 is 34.5 Å². The highest BCUT2D eigenvalue weighted by molar-refractivity contribution is 7.16. The van der Waals surface area contributed by atoms with E-state index in [1.807, 2.05) is 6.92 Å². The van der Waals surface area contributed by atoms with Crippen molar-refractivity contribution in [2.75, 3.05) is 17.2 Å². The monoisotopic (exact) mass is 455 g/mol. The summed E-state index contributed by atoms with van der Waals surface area (Å²) >= 11 is 13.4. The zero-order valence-electron chi connectivity index (χ0n) is 16.0. The molecule has 2 amide bonds. The number of hydrogen-bond donors (Lipinski definition) is 2. The van der Waals surface area contributed by atoms with Crippen molar-refractivity contribution in [3.8, 4) is 0 Å². The molecule has 0 spiro atoms. The van der Waals surface area contributed by atoms with Crippen molar-refractivity contribution >= 4 is 63.1 Å². The Bertz CT molecular complexity index is 1000. The summed E-state index contributed by atoms with van der Waals surface area (Å²) in [6, 6.07) is 0. The molecular formula is C19H19Cl2N3O4S. The van der Waals surface area contributed by atoms with Crippen LogP contribution in [0.3, 0.4) is 0 Å². The van der Waals surface area contributed by atoms with Crippen LogP contribution in [0.1, 0.15) is 39.2 Å². The predicted octanol–water partition coefficient (Wildman–Crippen LogP) is 4.52. The van der Waals surface area contributed by atoms with Crippen molar-refractivity contribution in [1.82, 2.24) is 4.98 Å². The molecule has 0 aromatic carbocycles. The Balaban J connectivity index is 1.65. The van der Waals surface area contributed by atoms with E-state index >= 15 is 0 Å². The third-order valence-corrected chi connectivity index (χ3v) is 6.54. The van der Waals surface area contributed by atoms with Gasteiger partial charge in [0.1, 0.15) is 5.00 Å². The van der Waals surface area contributed by atoms with Crippen LogP contribution in [-0.4, -0.2) is 29.4 Å². The molecule has 0 saturated heterocycles. The Morgan fingerprint density at radius 2 is 1.86 bits per heavy atom. The smallest absolute Gasteiger partial charge is 0.341 e. The third-order valence-electron chi connectivity index (χ3n) is 4.57. The van der Waals surface area contributed by atoms with Crippen LogP contribution < -0.4 is 10.6 Å². The Morgan fingerprint density at radius 3 is 2.52 bits per heavy atom. The highest BCUT2D eigenvalue weighted by atomic mass is 35.5. The fraction of sp³-hybridized carbons (Fsp3) is 0.368. The number of carbonyl (C=O) groups excluding carboxylic acids is 3. The SMILES string of the molecule is Cc1sc(NC(=O)C2CC2)c(C(=O)OCC(=O)Nc2ncc(Cl)c(C)c2Cl)c1C. The lowest BCUT2D eigenvalue weighted by molar-refractivity contribution is -0.119. The quantitative estimate of drug-likeness (QED) is 0.623. The molecule has 1 aliphatic carbocycles. The standard InChI is InChI=1S/C19H19Cl2N3O4S/c1-8-10(3)29-18(24-17(26)11-4-5-11)14(8)19(27)28-7-13(25)23-16-15(21)9(2)12(20)6-22-16/h6,11H,4-5,7H2,1-3H3,(H,24,26)(H,22,23,25). The molecule has 7 nitrogen and oxygen atoms in total. The van der Waals surface area contributed by atoms with E-state index in [1.165, 1.54) is 17.5 Å². The molecule has 2 aromatic heterocycles. The number of pyridine rings is 1. The number of nitrogens with zero attached hydrogens (tertiary/aromatic N) is 1. The zero-order valence-corrected chi connectivity index (χ0v) is 18.3. The number of thiophene rings is 1. The van der Waals surface area contributed by atoms with Crippen molar-refractivity contribution in [3.05, 3.63) is 37.8 Å². The van der Waals surface area contributed by atoms with Gasteiger partial charge in [-0.15, -0.1) is 11.3 Å². The van der Waals surface area contributed by atoms with E-state index < -0.39 is 18.5 Å². The predicted molar refractivity (Wildman–Crippen MR) is 113 cm³/mol. The van der Waals surface area contributed by atoms with E-state index in [9.17, 15) is 14.4 Å². The molecular weight excluding hydrogens is 437 g/mol. The van der Waals surface area contributed by atoms with Crippen molar-refractivity contribution in [3.63, 3.8) is 0 Å². The summed E-state index contributed by atoms with van der Waals surface area (Å²) in [5.41, 5.74) is 1.56. The second-order valence-electron chi connectivity index (χ2n) is 6.77. The number of amides is 2. The Kier molecular flexibility index (Phi) is 6.45. The lowest BCUT2D eigenvalue weighted by atomic mass is 10.1. The van der Waals surface area contributed by atoms with Crippen molar-refractivity contribution in [1.29, 1.82) is 0 Å². The first kappa shape index (κ1) is 21.5. The number of aryl methyl sites for hydroxylation is 1. The maximum Gasteiger partial charge on any atom is 0.341 e. The van der Waals surface area contributed by atoms with Gasteiger partial charge >= 0.3 is 5.97 Å². The van der Waals surface area contributed by atoms with Crippen molar-refractivity contribution in [2.45, 2.75) is 33.6 Å². The summed E-state index contributed by atoms with van der Waals surface area (Å²) < 4.78 is 5.16. The summed E-state index contributed by atoms with van der Waals surface area (Å²) in [4.78, 5) is 41.7. The van der Waals surface area contributed by atoms with Crippen LogP contribution in [0.4, 0.5) is 10.8 Å². The van der Waals surface area contributed by atoms with E-state index in [0.29, 0.717) is 21.2 Å². The summed E-state index contributed by atoms with van der Waals surface area (Å²) in [6.07, 6.45) is 3.09. The van der Waals surface area contributed by atoms with Crippen LogP contribution in [0.2, 0.25) is 10.0 Å². The average molecular weight is 456 g/mol. The molecule has 0 radical (unpaired) electrons. The molecule has 29 heavy (non-hydrogen) atoms. The van der Waals surface area contributed by atoms with E-state index in [0.717, 1.165) is 17.7 Å². The summed E-state index contributed by atoms with van der Waals surface area (Å²) in [5.74, 6) is -1.24. The van der Waals surface area contributed by atoms with Crippen LogP contribution in [0.5, 0.6) is 0 Å². The number of nitrogens with one attached hydrogen (secondary N) is 2. The normalized spacial score (nSPS) is 13.1. The first-order valence-corrected chi connectivity index (χ1v) is 10.4. The first-order chi connectivity index (χ1) is 13.7. The molecule has 2 N–H and O–H groups in total. The largest absolute Gasteiger partial charge is 0.452 e. The summed E-state index contributed by atoms with van der Waals surface area (Å²) in [7, 11) is 0. The molecule has 1 aliphatic rings. The summed E-state index contributed by atoms with van der Waals surface area (Å²) in [6.45, 7) is 4.80. The number of ether oxygens (including phenoxy) is 1. The molecule has 3 rings (SSSR count). The number of hydrogen-bond acceptors (Lipinski definition) is 6. The van der Waals surface area contributed by atoms with E-state index in [1.54, 1.807) is 13.8 Å². The minimum atomic E-state index is -0.681. The van der Waals surface area contributed by atoms with Gasteiger partial charge in [0.05, 0.1) is 15.6 Å². The average Bonchev–Trinajstić information content (AvgIpc) is 3.48. The molecule has 0 bridgehead atoms. The van der Waals surface area contributed by atoms with Gasteiger partial charge in [-0.25, -0.2) is 9.78 Å². The molecule has 154 valence electrons. The van der Waals surface area contributed by atoms with Gasteiger partial charge in [0.2, 0.25) is 5.91 Å². The van der Waals surface area contributed by atoms with E-state index in [2.05, 4.69) is 15.6 Å². The van der Waals surface area contributed by atoms with Gasteiger partial charge in [-0.3, -0.25) is 9.59 Å². The van der Waals surface area contributed by atoms with Crippen LogP contribution in [0, 0.1) is 26.7 Å². The second-order valence-corrected chi connectivity index (χ2v) is 8.78. The van der Waals surface area contributed by atoms with Gasteiger partial charge in [-0.05, 0) is 44.7 Å². The van der Waals surface area contributed by atoms with Gasteiger partial charge in [0, 0.05) is 17.0 Å². The highest BCUT2D eigenvalue weighted by Gasteiger charge is 2.31. The molecule has 0 unspecified atom stereocenters. The lowest BCUT2D eigenvalue weighted by Gasteiger charge is -2.10. The maximum atomic E-state index is 12.6. The van der Waals surface area contributed by atoms with E-state index in [-0.39, 0.29) is 28.2 Å². The number of halogens is 2. The molecule has 2 heterocycles. The summed E-state index contributed by atoms with van der Waals surface area (Å²) in [5, 5.41) is 6.33. The number of carbonyl (C=O) groups is 3. The van der Waals surface area contributed by atoms with E-state index in [4.69, 9.17) is 27.9 Å². The molecule has 10 heteroatoms. The van der Waals surface area contributed by atoms with Gasteiger partial charge in [-0.1, -0.05) is 23.2 Å². The molecule has 0 aliphatic heterocycles.